The third-order valence-corrected chi connectivity index (χ3v) is 6.97. The summed E-state index contributed by atoms with van der Waals surface area (Å²) in [6, 6.07) is 18.8. The van der Waals surface area contributed by atoms with Gasteiger partial charge in [-0.1, -0.05) is 24.3 Å². The summed E-state index contributed by atoms with van der Waals surface area (Å²) in [5, 5.41) is 4.97. The van der Waals surface area contributed by atoms with Crippen molar-refractivity contribution < 1.29 is 23.5 Å². The van der Waals surface area contributed by atoms with Gasteiger partial charge < -0.3 is 14.4 Å². The quantitative estimate of drug-likeness (QED) is 0.230. The van der Waals surface area contributed by atoms with Gasteiger partial charge in [0.15, 0.2) is 23.1 Å². The van der Waals surface area contributed by atoms with Crippen LogP contribution in [0, 0.1) is 5.82 Å². The molecule has 39 heavy (non-hydrogen) atoms. The largest absolute Gasteiger partial charge is 0.493 e. The van der Waals surface area contributed by atoms with Gasteiger partial charge in [0, 0.05) is 43.9 Å². The monoisotopic (exact) mass is 530 g/mol. The molecule has 0 N–H and O–H groups in total. The Morgan fingerprint density at radius 2 is 1.69 bits per heavy atom. The van der Waals surface area contributed by atoms with Gasteiger partial charge in [-0.3, -0.25) is 14.5 Å². The lowest BCUT2D eigenvalue weighted by Gasteiger charge is -2.35. The molecule has 1 aliphatic rings. The fraction of sp³-hybridized carbons (Fsp3) is 0.300. The molecule has 5 rings (SSSR count). The van der Waals surface area contributed by atoms with Gasteiger partial charge in [-0.05, 0) is 55.8 Å². The van der Waals surface area contributed by atoms with Gasteiger partial charge in [0.2, 0.25) is 0 Å². The Hall–Kier alpha value is -4.24. The number of carbonyl (C=O) groups is 2. The predicted octanol–water partition coefficient (Wildman–Crippen LogP) is 4.67. The second-order valence-corrected chi connectivity index (χ2v) is 9.49. The van der Waals surface area contributed by atoms with E-state index in [4.69, 9.17) is 9.47 Å². The van der Waals surface area contributed by atoms with Crippen molar-refractivity contribution in [2.75, 3.05) is 51.3 Å². The maximum Gasteiger partial charge on any atom is 0.278 e. The average Bonchev–Trinajstić information content (AvgIpc) is 3.36. The average molecular weight is 531 g/mol. The maximum absolute atomic E-state index is 15.0. The predicted molar refractivity (Wildman–Crippen MR) is 148 cm³/mol. The molecule has 0 unspecified atom stereocenters. The van der Waals surface area contributed by atoms with Gasteiger partial charge >= 0.3 is 0 Å². The number of aromatic nitrogens is 2. The van der Waals surface area contributed by atoms with Gasteiger partial charge in [0.25, 0.3) is 5.91 Å². The van der Waals surface area contributed by atoms with Crippen LogP contribution in [0.2, 0.25) is 0 Å². The molecule has 9 heteroatoms. The lowest BCUT2D eigenvalue weighted by atomic mass is 10.1. The highest BCUT2D eigenvalue weighted by molar-refractivity contribution is 6.04. The number of Topliss-reactive ketones (excluding diaryl/α,β-unsaturated/α-hetero) is 1. The van der Waals surface area contributed by atoms with Crippen molar-refractivity contribution in [1.82, 2.24) is 14.7 Å². The van der Waals surface area contributed by atoms with E-state index in [0.29, 0.717) is 59.0 Å². The van der Waals surface area contributed by atoms with Crippen molar-refractivity contribution in [1.29, 1.82) is 0 Å². The zero-order valence-electron chi connectivity index (χ0n) is 22.1. The molecule has 0 bridgehead atoms. The Morgan fingerprint density at radius 3 is 2.41 bits per heavy atom. The van der Waals surface area contributed by atoms with Crippen molar-refractivity contribution in [2.45, 2.75) is 13.3 Å². The lowest BCUT2D eigenvalue weighted by Crippen LogP contribution is -2.47. The summed E-state index contributed by atoms with van der Waals surface area (Å²) in [6.45, 7) is 5.78. The highest BCUT2D eigenvalue weighted by atomic mass is 19.1. The van der Waals surface area contributed by atoms with Crippen LogP contribution in [0.5, 0.6) is 11.5 Å². The van der Waals surface area contributed by atoms with Gasteiger partial charge in [-0.2, -0.15) is 4.68 Å². The minimum Gasteiger partial charge on any atom is -0.493 e. The second kappa shape index (κ2) is 11.7. The number of rotatable bonds is 9. The maximum atomic E-state index is 15.0. The minimum atomic E-state index is -0.388. The Kier molecular flexibility index (Phi) is 7.88. The van der Waals surface area contributed by atoms with Crippen LogP contribution in [0.25, 0.3) is 10.9 Å². The van der Waals surface area contributed by atoms with Crippen LogP contribution in [0.4, 0.5) is 10.2 Å². The van der Waals surface area contributed by atoms with Gasteiger partial charge in [0.05, 0.1) is 24.6 Å². The molecular formula is C30H31FN4O4. The number of ether oxygens (including phenoxy) is 2. The van der Waals surface area contributed by atoms with Crippen LogP contribution in [0.1, 0.15) is 34.1 Å². The van der Waals surface area contributed by atoms with Gasteiger partial charge in [0.1, 0.15) is 5.82 Å². The van der Waals surface area contributed by atoms with Crippen LogP contribution in [0.3, 0.4) is 0 Å². The minimum absolute atomic E-state index is 0.0238. The molecule has 3 aromatic carbocycles. The number of carbonyl (C=O) groups excluding carboxylic acids is 2. The van der Waals surface area contributed by atoms with Crippen molar-refractivity contribution in [2.24, 2.45) is 0 Å². The van der Waals surface area contributed by atoms with E-state index in [0.717, 1.165) is 26.1 Å². The third kappa shape index (κ3) is 5.63. The first-order chi connectivity index (χ1) is 19.0. The van der Waals surface area contributed by atoms with Crippen LogP contribution >= 0.6 is 0 Å². The normalized spacial score (nSPS) is 14.0. The molecule has 202 valence electrons. The van der Waals surface area contributed by atoms with Crippen LogP contribution in [-0.4, -0.2) is 72.8 Å². The number of ketones is 1. The number of fused-ring (bicyclic) bond motifs is 1. The fourth-order valence-corrected chi connectivity index (χ4v) is 4.85. The molecule has 0 radical (unpaired) electrons. The summed E-state index contributed by atoms with van der Waals surface area (Å²) >= 11 is 0. The van der Waals surface area contributed by atoms with Gasteiger partial charge in [-0.15, -0.1) is 5.10 Å². The molecule has 0 amide bonds. The Bertz CT molecular complexity index is 1480. The Balaban J connectivity index is 1.20. The summed E-state index contributed by atoms with van der Waals surface area (Å²) in [4.78, 5) is 29.2. The van der Waals surface area contributed by atoms with E-state index in [-0.39, 0.29) is 17.5 Å². The van der Waals surface area contributed by atoms with E-state index in [9.17, 15) is 14.0 Å². The Morgan fingerprint density at radius 1 is 0.923 bits per heavy atom. The third-order valence-electron chi connectivity index (χ3n) is 6.97. The number of hydrogen-bond donors (Lipinski definition) is 0. The smallest absolute Gasteiger partial charge is 0.278 e. The van der Waals surface area contributed by atoms with Crippen molar-refractivity contribution in [3.8, 4) is 11.5 Å². The van der Waals surface area contributed by atoms with Crippen molar-refractivity contribution >= 4 is 28.4 Å². The zero-order valence-corrected chi connectivity index (χ0v) is 22.1. The number of benzene rings is 3. The molecule has 0 atom stereocenters. The molecule has 1 aromatic heterocycles. The first kappa shape index (κ1) is 26.4. The van der Waals surface area contributed by atoms with Crippen molar-refractivity contribution in [3.05, 3.63) is 83.7 Å². The summed E-state index contributed by atoms with van der Waals surface area (Å²) in [5.41, 5.74) is 1.54. The molecule has 8 nitrogen and oxygen atoms in total. The van der Waals surface area contributed by atoms with Crippen molar-refractivity contribution in [3.63, 3.8) is 0 Å². The molecule has 1 saturated heterocycles. The molecule has 0 spiro atoms. The van der Waals surface area contributed by atoms with E-state index in [1.54, 1.807) is 61.7 Å². The SMILES string of the molecule is COc1cc(C(C)=O)ccc1OCCCN1CCN(c2nn(C(=O)c3ccccc3)c3cccc(F)c23)CC1. The molecule has 2 heterocycles. The molecule has 0 saturated carbocycles. The molecule has 0 aliphatic carbocycles. The topological polar surface area (TPSA) is 76.9 Å². The number of piperazine rings is 1. The highest BCUT2D eigenvalue weighted by Gasteiger charge is 2.26. The first-order valence-corrected chi connectivity index (χ1v) is 13.0. The van der Waals surface area contributed by atoms with Crippen LogP contribution in [-0.2, 0) is 0 Å². The summed E-state index contributed by atoms with van der Waals surface area (Å²) in [6.07, 6.45) is 0.815. The van der Waals surface area contributed by atoms with Crippen LogP contribution < -0.4 is 14.4 Å². The fourth-order valence-electron chi connectivity index (χ4n) is 4.85. The summed E-state index contributed by atoms with van der Waals surface area (Å²) in [5.74, 6) is 0.952. The summed E-state index contributed by atoms with van der Waals surface area (Å²) < 4.78 is 27.6. The van der Waals surface area contributed by atoms with E-state index in [1.165, 1.54) is 17.7 Å². The standard InChI is InChI=1S/C30H31FN4O4/c1-21(36)23-12-13-26(27(20-23)38-2)39-19-7-14-33-15-17-34(18-16-33)29-28-24(31)10-6-11-25(28)35(32-29)30(37)22-8-4-3-5-9-22/h3-6,8-13,20H,7,14-19H2,1-2H3. The van der Waals surface area contributed by atoms with Gasteiger partial charge in [-0.25, -0.2) is 4.39 Å². The number of halogens is 1. The first-order valence-electron chi connectivity index (χ1n) is 13.0. The van der Waals surface area contributed by atoms with E-state index in [2.05, 4.69) is 14.9 Å². The van der Waals surface area contributed by atoms with E-state index >= 15 is 0 Å². The number of methoxy groups -OCH3 is 1. The van der Waals surface area contributed by atoms with E-state index in [1.807, 2.05) is 6.07 Å². The number of anilines is 1. The lowest BCUT2D eigenvalue weighted by molar-refractivity contribution is 0.0949. The molecular weight excluding hydrogens is 499 g/mol. The number of nitrogens with zero attached hydrogens (tertiary/aromatic N) is 4. The second-order valence-electron chi connectivity index (χ2n) is 9.49. The summed E-state index contributed by atoms with van der Waals surface area (Å²) in [7, 11) is 1.56. The van der Waals surface area contributed by atoms with E-state index < -0.39 is 0 Å². The zero-order chi connectivity index (χ0) is 27.4. The van der Waals surface area contributed by atoms with Crippen LogP contribution in [0.15, 0.2) is 66.7 Å². The Labute approximate surface area is 226 Å². The molecule has 1 aliphatic heterocycles. The molecule has 4 aromatic rings. The number of hydrogen-bond acceptors (Lipinski definition) is 7. The molecule has 1 fully saturated rings. The highest BCUT2D eigenvalue weighted by Crippen LogP contribution is 2.31.